The van der Waals surface area contributed by atoms with Crippen molar-refractivity contribution in [3.05, 3.63) is 70.5 Å². The third-order valence-electron chi connectivity index (χ3n) is 4.21. The molecule has 0 bridgehead atoms. The molecule has 0 radical (unpaired) electrons. The van der Waals surface area contributed by atoms with Gasteiger partial charge in [-0.25, -0.2) is 8.42 Å². The van der Waals surface area contributed by atoms with Crippen molar-refractivity contribution < 1.29 is 13.2 Å². The Kier molecular flexibility index (Phi) is 5.43. The number of benzene rings is 2. The van der Waals surface area contributed by atoms with E-state index in [-0.39, 0.29) is 4.90 Å². The maximum atomic E-state index is 12.7. The van der Waals surface area contributed by atoms with E-state index < -0.39 is 10.0 Å². The number of nitrogens with one attached hydrogen (secondary N) is 1. The van der Waals surface area contributed by atoms with E-state index in [1.54, 1.807) is 29.8 Å². The van der Waals surface area contributed by atoms with Crippen molar-refractivity contribution in [3.63, 3.8) is 0 Å². The predicted molar refractivity (Wildman–Crippen MR) is 106 cm³/mol. The topological polar surface area (TPSA) is 73.2 Å². The zero-order valence-electron chi connectivity index (χ0n) is 15.2. The second-order valence-electron chi connectivity index (χ2n) is 6.11. The number of hydrogen-bond donors (Lipinski definition) is 1. The molecule has 1 aromatic heterocycles. The SMILES string of the molecule is COc1ccc(S(=O)(=O)Nc2c(C)nn(Cc3cccc(Cl)c3)c2C)cc1. The number of sulfonamides is 1. The minimum atomic E-state index is -3.73. The Morgan fingerprint density at radius 3 is 2.48 bits per heavy atom. The van der Waals surface area contributed by atoms with Gasteiger partial charge in [-0.1, -0.05) is 23.7 Å². The molecule has 0 unspecified atom stereocenters. The number of nitrogens with zero attached hydrogens (tertiary/aromatic N) is 2. The first-order valence-corrected chi connectivity index (χ1v) is 10.1. The molecule has 0 aliphatic carbocycles. The van der Waals surface area contributed by atoms with Crippen LogP contribution in [0.15, 0.2) is 53.4 Å². The van der Waals surface area contributed by atoms with Crippen LogP contribution in [0.3, 0.4) is 0 Å². The number of anilines is 1. The van der Waals surface area contributed by atoms with Crippen molar-refractivity contribution >= 4 is 27.3 Å². The number of methoxy groups -OCH3 is 1. The largest absolute Gasteiger partial charge is 0.497 e. The Hall–Kier alpha value is -2.51. The quantitative estimate of drug-likeness (QED) is 0.672. The number of rotatable bonds is 6. The van der Waals surface area contributed by atoms with Gasteiger partial charge in [-0.2, -0.15) is 5.10 Å². The molecule has 0 atom stereocenters. The summed E-state index contributed by atoms with van der Waals surface area (Å²) in [6.07, 6.45) is 0. The van der Waals surface area contributed by atoms with E-state index in [1.165, 1.54) is 19.2 Å². The van der Waals surface area contributed by atoms with E-state index in [4.69, 9.17) is 16.3 Å². The standard InChI is InChI=1S/C19H20ClN3O3S/c1-13-19(22-27(24,25)18-9-7-17(26-3)8-10-18)14(2)23(21-13)12-15-5-4-6-16(20)11-15/h4-11,22H,12H2,1-3H3. The van der Waals surface area contributed by atoms with Gasteiger partial charge >= 0.3 is 0 Å². The zero-order valence-corrected chi connectivity index (χ0v) is 16.8. The van der Waals surface area contributed by atoms with Crippen molar-refractivity contribution in [2.45, 2.75) is 25.3 Å². The zero-order chi connectivity index (χ0) is 19.6. The van der Waals surface area contributed by atoms with Gasteiger partial charge in [-0.05, 0) is 55.8 Å². The molecule has 0 aliphatic heterocycles. The molecule has 0 fully saturated rings. The average molecular weight is 406 g/mol. The van der Waals surface area contributed by atoms with Crippen LogP contribution in [0.2, 0.25) is 5.02 Å². The second kappa shape index (κ2) is 7.62. The normalized spacial score (nSPS) is 11.4. The van der Waals surface area contributed by atoms with Crippen LogP contribution in [0.5, 0.6) is 5.75 Å². The van der Waals surface area contributed by atoms with Gasteiger partial charge in [-0.3, -0.25) is 9.40 Å². The Bertz CT molecular complexity index is 1060. The maximum Gasteiger partial charge on any atom is 0.262 e. The first kappa shape index (κ1) is 19.3. The van der Waals surface area contributed by atoms with Crippen molar-refractivity contribution in [3.8, 4) is 5.75 Å². The van der Waals surface area contributed by atoms with Crippen LogP contribution < -0.4 is 9.46 Å². The van der Waals surface area contributed by atoms with Crippen LogP contribution in [0, 0.1) is 13.8 Å². The highest BCUT2D eigenvalue weighted by Crippen LogP contribution is 2.25. The smallest absolute Gasteiger partial charge is 0.262 e. The lowest BCUT2D eigenvalue weighted by Crippen LogP contribution is -2.14. The van der Waals surface area contributed by atoms with Crippen LogP contribution in [-0.4, -0.2) is 25.3 Å². The summed E-state index contributed by atoms with van der Waals surface area (Å²) in [5.41, 5.74) is 2.79. The van der Waals surface area contributed by atoms with Crippen LogP contribution in [0.1, 0.15) is 17.0 Å². The Morgan fingerprint density at radius 1 is 1.15 bits per heavy atom. The van der Waals surface area contributed by atoms with Crippen molar-refractivity contribution in [1.29, 1.82) is 0 Å². The average Bonchev–Trinajstić information content (AvgIpc) is 2.89. The molecule has 6 nitrogen and oxygen atoms in total. The third-order valence-corrected chi connectivity index (χ3v) is 5.81. The van der Waals surface area contributed by atoms with Crippen molar-refractivity contribution in [1.82, 2.24) is 9.78 Å². The van der Waals surface area contributed by atoms with Gasteiger partial charge in [0.1, 0.15) is 5.75 Å². The summed E-state index contributed by atoms with van der Waals surface area (Å²) in [4.78, 5) is 0.157. The lowest BCUT2D eigenvalue weighted by Gasteiger charge is -2.10. The van der Waals surface area contributed by atoms with E-state index in [1.807, 2.05) is 25.1 Å². The van der Waals surface area contributed by atoms with Gasteiger partial charge in [0, 0.05) is 5.02 Å². The van der Waals surface area contributed by atoms with E-state index in [0.717, 1.165) is 11.3 Å². The number of aryl methyl sites for hydroxylation is 1. The van der Waals surface area contributed by atoms with Gasteiger partial charge in [0.25, 0.3) is 10.0 Å². The van der Waals surface area contributed by atoms with Crippen molar-refractivity contribution in [2.24, 2.45) is 0 Å². The number of ether oxygens (including phenoxy) is 1. The predicted octanol–water partition coefficient (Wildman–Crippen LogP) is 4.01. The number of hydrogen-bond acceptors (Lipinski definition) is 4. The summed E-state index contributed by atoms with van der Waals surface area (Å²) in [6.45, 7) is 4.10. The number of aromatic nitrogens is 2. The molecule has 3 aromatic rings. The molecule has 27 heavy (non-hydrogen) atoms. The van der Waals surface area contributed by atoms with Crippen LogP contribution in [-0.2, 0) is 16.6 Å². The highest BCUT2D eigenvalue weighted by Gasteiger charge is 2.20. The first-order chi connectivity index (χ1) is 12.8. The van der Waals surface area contributed by atoms with Crippen molar-refractivity contribution in [2.75, 3.05) is 11.8 Å². The lowest BCUT2D eigenvalue weighted by molar-refractivity contribution is 0.414. The fourth-order valence-corrected chi connectivity index (χ4v) is 4.14. The minimum absolute atomic E-state index is 0.157. The van der Waals surface area contributed by atoms with Gasteiger partial charge < -0.3 is 4.74 Å². The lowest BCUT2D eigenvalue weighted by atomic mass is 10.2. The molecule has 0 aliphatic rings. The van der Waals surface area contributed by atoms with Crippen LogP contribution in [0.25, 0.3) is 0 Å². The Balaban J connectivity index is 1.87. The third kappa shape index (κ3) is 4.26. The molecule has 142 valence electrons. The first-order valence-electron chi connectivity index (χ1n) is 8.25. The molecular formula is C19H20ClN3O3S. The second-order valence-corrected chi connectivity index (χ2v) is 8.23. The van der Waals surface area contributed by atoms with Gasteiger partial charge in [0.2, 0.25) is 0 Å². The van der Waals surface area contributed by atoms with E-state index in [9.17, 15) is 8.42 Å². The summed E-state index contributed by atoms with van der Waals surface area (Å²) in [7, 11) is -2.20. The summed E-state index contributed by atoms with van der Waals surface area (Å²) >= 11 is 6.03. The summed E-state index contributed by atoms with van der Waals surface area (Å²) in [6, 6.07) is 13.7. The van der Waals surface area contributed by atoms with Gasteiger partial charge in [0.15, 0.2) is 0 Å². The monoisotopic (exact) mass is 405 g/mol. The molecule has 0 spiro atoms. The molecule has 1 heterocycles. The summed E-state index contributed by atoms with van der Waals surface area (Å²) in [5.74, 6) is 0.593. The maximum absolute atomic E-state index is 12.7. The summed E-state index contributed by atoms with van der Waals surface area (Å²) < 4.78 is 34.9. The Morgan fingerprint density at radius 2 is 1.85 bits per heavy atom. The molecule has 0 saturated carbocycles. The molecule has 8 heteroatoms. The number of halogens is 1. The molecule has 0 saturated heterocycles. The van der Waals surface area contributed by atoms with E-state index in [0.29, 0.717) is 28.7 Å². The highest BCUT2D eigenvalue weighted by molar-refractivity contribution is 7.92. The van der Waals surface area contributed by atoms with Gasteiger partial charge in [-0.15, -0.1) is 0 Å². The van der Waals surface area contributed by atoms with E-state index in [2.05, 4.69) is 9.82 Å². The van der Waals surface area contributed by atoms with Crippen LogP contribution >= 0.6 is 11.6 Å². The van der Waals surface area contributed by atoms with E-state index >= 15 is 0 Å². The highest BCUT2D eigenvalue weighted by atomic mass is 35.5. The molecule has 1 N–H and O–H groups in total. The molecule has 3 rings (SSSR count). The molecule has 2 aromatic carbocycles. The molecular weight excluding hydrogens is 386 g/mol. The molecule has 0 amide bonds. The Labute approximate surface area is 163 Å². The van der Waals surface area contributed by atoms with Gasteiger partial charge in [0.05, 0.1) is 35.6 Å². The minimum Gasteiger partial charge on any atom is -0.497 e. The van der Waals surface area contributed by atoms with Crippen LogP contribution in [0.4, 0.5) is 5.69 Å². The fourth-order valence-electron chi connectivity index (χ4n) is 2.75. The summed E-state index contributed by atoms with van der Waals surface area (Å²) in [5, 5.41) is 5.11. The fraction of sp³-hybridized carbons (Fsp3) is 0.211.